The van der Waals surface area contributed by atoms with Crippen LogP contribution in [0.25, 0.3) is 0 Å². The Bertz CT molecular complexity index is 652. The van der Waals surface area contributed by atoms with E-state index in [9.17, 15) is 12.8 Å². The summed E-state index contributed by atoms with van der Waals surface area (Å²) >= 11 is 0. The molecule has 0 amide bonds. The molecule has 0 radical (unpaired) electrons. The van der Waals surface area contributed by atoms with E-state index in [1.54, 1.807) is 0 Å². The Morgan fingerprint density at radius 1 is 1.22 bits per heavy atom. The van der Waals surface area contributed by atoms with Gasteiger partial charge in [0.25, 0.3) is 0 Å². The average molecular weight is 270 g/mol. The number of sulfone groups is 1. The fourth-order valence-corrected chi connectivity index (χ4v) is 2.68. The van der Waals surface area contributed by atoms with Crippen molar-refractivity contribution >= 4 is 9.84 Å². The van der Waals surface area contributed by atoms with Gasteiger partial charge in [0.1, 0.15) is 16.5 Å². The Kier molecular flexibility index (Phi) is 3.42. The third-order valence-corrected chi connectivity index (χ3v) is 3.92. The molecule has 0 atom stereocenters. The molecule has 0 unspecified atom stereocenters. The molecule has 1 aromatic carbocycles. The maximum Gasteiger partial charge on any atom is 0.231 e. The monoisotopic (exact) mass is 270 g/mol. The highest BCUT2D eigenvalue weighted by atomic mass is 32.2. The average Bonchev–Trinajstić information content (AvgIpc) is 2.76. The highest BCUT2D eigenvalue weighted by molar-refractivity contribution is 7.90. The Morgan fingerprint density at radius 2 is 1.89 bits per heavy atom. The standard InChI is InChI=1S/C11H11FN2O3S/c1-2-10-13-14-11(17-10)7-18(15,16)9-6-4-3-5-8(9)12/h3-6H,2,7H2,1H3. The van der Waals surface area contributed by atoms with E-state index in [1.807, 2.05) is 6.92 Å². The Hall–Kier alpha value is -1.76. The summed E-state index contributed by atoms with van der Waals surface area (Å²) in [5, 5.41) is 7.27. The van der Waals surface area contributed by atoms with Crippen LogP contribution >= 0.6 is 0 Å². The summed E-state index contributed by atoms with van der Waals surface area (Å²) < 4.78 is 42.4. The quantitative estimate of drug-likeness (QED) is 0.846. The van der Waals surface area contributed by atoms with Crippen molar-refractivity contribution < 1.29 is 17.2 Å². The minimum Gasteiger partial charge on any atom is -0.424 e. The van der Waals surface area contributed by atoms with Crippen LogP contribution in [0.15, 0.2) is 33.6 Å². The Morgan fingerprint density at radius 3 is 2.50 bits per heavy atom. The molecular formula is C11H11FN2O3S. The summed E-state index contributed by atoms with van der Waals surface area (Å²) in [6, 6.07) is 5.19. The van der Waals surface area contributed by atoms with Gasteiger partial charge in [0.2, 0.25) is 11.8 Å². The van der Waals surface area contributed by atoms with Gasteiger partial charge in [0, 0.05) is 6.42 Å². The lowest BCUT2D eigenvalue weighted by molar-refractivity contribution is 0.465. The first kappa shape index (κ1) is 12.7. The van der Waals surface area contributed by atoms with Crippen LogP contribution < -0.4 is 0 Å². The van der Waals surface area contributed by atoms with Crippen LogP contribution in [0.4, 0.5) is 4.39 Å². The zero-order chi connectivity index (χ0) is 13.2. The number of rotatable bonds is 4. The van der Waals surface area contributed by atoms with Crippen molar-refractivity contribution in [2.24, 2.45) is 0 Å². The number of benzene rings is 1. The van der Waals surface area contributed by atoms with Crippen molar-refractivity contribution in [3.05, 3.63) is 41.9 Å². The van der Waals surface area contributed by atoms with Gasteiger partial charge >= 0.3 is 0 Å². The molecule has 0 N–H and O–H groups in total. The molecule has 0 fully saturated rings. The van der Waals surface area contributed by atoms with Gasteiger partial charge in [-0.05, 0) is 12.1 Å². The molecule has 2 aromatic rings. The maximum absolute atomic E-state index is 13.4. The first-order chi connectivity index (χ1) is 8.53. The summed E-state index contributed by atoms with van der Waals surface area (Å²) in [6.07, 6.45) is 0.521. The van der Waals surface area contributed by atoms with E-state index in [1.165, 1.54) is 18.2 Å². The minimum absolute atomic E-state index is 0.0323. The largest absolute Gasteiger partial charge is 0.424 e. The van der Waals surface area contributed by atoms with Gasteiger partial charge in [0.05, 0.1) is 0 Å². The molecule has 0 aliphatic rings. The normalized spacial score (nSPS) is 11.7. The molecule has 1 aromatic heterocycles. The van der Waals surface area contributed by atoms with E-state index in [0.717, 1.165) is 6.07 Å². The molecular weight excluding hydrogens is 259 g/mol. The van der Waals surface area contributed by atoms with Crippen LogP contribution in [0.2, 0.25) is 0 Å². The van der Waals surface area contributed by atoms with E-state index < -0.39 is 21.4 Å². The van der Waals surface area contributed by atoms with Gasteiger partial charge in [0.15, 0.2) is 9.84 Å². The molecule has 2 rings (SSSR count). The van der Waals surface area contributed by atoms with Crippen molar-refractivity contribution in [1.29, 1.82) is 0 Å². The molecule has 0 aliphatic heterocycles. The van der Waals surface area contributed by atoms with Gasteiger partial charge in [-0.3, -0.25) is 0 Å². The molecule has 0 saturated carbocycles. The molecule has 96 valence electrons. The highest BCUT2D eigenvalue weighted by Crippen LogP contribution is 2.18. The topological polar surface area (TPSA) is 73.1 Å². The minimum atomic E-state index is -3.81. The molecule has 18 heavy (non-hydrogen) atoms. The van der Waals surface area contributed by atoms with Crippen molar-refractivity contribution in [3.63, 3.8) is 0 Å². The fourth-order valence-electron chi connectivity index (χ4n) is 1.43. The van der Waals surface area contributed by atoms with Gasteiger partial charge in [-0.25, -0.2) is 12.8 Å². The lowest BCUT2D eigenvalue weighted by Gasteiger charge is -2.02. The van der Waals surface area contributed by atoms with Gasteiger partial charge in [-0.1, -0.05) is 19.1 Å². The van der Waals surface area contributed by atoms with Gasteiger partial charge in [-0.15, -0.1) is 10.2 Å². The van der Waals surface area contributed by atoms with Crippen molar-refractivity contribution in [2.45, 2.75) is 24.0 Å². The summed E-state index contributed by atoms with van der Waals surface area (Å²) in [5.41, 5.74) is 0. The number of hydrogen-bond acceptors (Lipinski definition) is 5. The highest BCUT2D eigenvalue weighted by Gasteiger charge is 2.22. The van der Waals surface area contributed by atoms with Crippen LogP contribution in [-0.2, 0) is 22.0 Å². The molecule has 5 nitrogen and oxygen atoms in total. The second-order valence-corrected chi connectivity index (χ2v) is 5.59. The molecule has 7 heteroatoms. The number of halogens is 1. The Labute approximate surface area is 104 Å². The van der Waals surface area contributed by atoms with Gasteiger partial charge < -0.3 is 4.42 Å². The van der Waals surface area contributed by atoms with Crippen LogP contribution in [0.1, 0.15) is 18.7 Å². The van der Waals surface area contributed by atoms with E-state index in [0.29, 0.717) is 12.3 Å². The first-order valence-electron chi connectivity index (χ1n) is 5.31. The van der Waals surface area contributed by atoms with Crippen LogP contribution in [0.5, 0.6) is 0 Å². The second kappa shape index (κ2) is 4.85. The van der Waals surface area contributed by atoms with Crippen LogP contribution in [0, 0.1) is 5.82 Å². The second-order valence-electron chi connectivity index (χ2n) is 3.63. The van der Waals surface area contributed by atoms with Gasteiger partial charge in [-0.2, -0.15) is 0 Å². The molecule has 1 heterocycles. The van der Waals surface area contributed by atoms with Crippen molar-refractivity contribution in [3.8, 4) is 0 Å². The zero-order valence-corrected chi connectivity index (χ0v) is 10.4. The Balaban J connectivity index is 2.30. The third kappa shape index (κ3) is 2.56. The molecule has 0 spiro atoms. The maximum atomic E-state index is 13.4. The number of aryl methyl sites for hydroxylation is 1. The zero-order valence-electron chi connectivity index (χ0n) is 9.63. The molecule has 0 bridgehead atoms. The first-order valence-corrected chi connectivity index (χ1v) is 6.96. The number of nitrogens with zero attached hydrogens (tertiary/aromatic N) is 2. The summed E-state index contributed by atoms with van der Waals surface area (Å²) in [7, 11) is -3.81. The third-order valence-electron chi connectivity index (χ3n) is 2.30. The van der Waals surface area contributed by atoms with E-state index in [2.05, 4.69) is 10.2 Å². The van der Waals surface area contributed by atoms with E-state index in [-0.39, 0.29) is 10.8 Å². The fraction of sp³-hybridized carbons (Fsp3) is 0.273. The van der Waals surface area contributed by atoms with Crippen LogP contribution in [0.3, 0.4) is 0 Å². The predicted octanol–water partition coefficient (Wildman–Crippen LogP) is 1.75. The smallest absolute Gasteiger partial charge is 0.231 e. The number of hydrogen-bond donors (Lipinski definition) is 0. The van der Waals surface area contributed by atoms with E-state index in [4.69, 9.17) is 4.42 Å². The molecule has 0 aliphatic carbocycles. The SMILES string of the molecule is CCc1nnc(CS(=O)(=O)c2ccccc2F)o1. The van der Waals surface area contributed by atoms with Crippen LogP contribution in [-0.4, -0.2) is 18.6 Å². The van der Waals surface area contributed by atoms with Crippen molar-refractivity contribution in [1.82, 2.24) is 10.2 Å². The summed E-state index contributed by atoms with van der Waals surface area (Å²) in [6.45, 7) is 1.81. The summed E-state index contributed by atoms with van der Waals surface area (Å²) in [5.74, 6) is -0.961. The lowest BCUT2D eigenvalue weighted by atomic mass is 10.3. The molecule has 0 saturated heterocycles. The van der Waals surface area contributed by atoms with E-state index >= 15 is 0 Å². The predicted molar refractivity (Wildman–Crippen MR) is 61.0 cm³/mol. The summed E-state index contributed by atoms with van der Waals surface area (Å²) in [4.78, 5) is -0.360. The van der Waals surface area contributed by atoms with Crippen molar-refractivity contribution in [2.75, 3.05) is 0 Å². The number of aromatic nitrogens is 2. The lowest BCUT2D eigenvalue weighted by Crippen LogP contribution is -2.07.